The molecule has 0 aliphatic heterocycles. The Bertz CT molecular complexity index is 485. The summed E-state index contributed by atoms with van der Waals surface area (Å²) in [6.07, 6.45) is 0. The molecule has 1 rings (SSSR count). The highest BCUT2D eigenvalue weighted by atomic mass is 79.9. The molecule has 5 nitrogen and oxygen atoms in total. The van der Waals surface area contributed by atoms with Gasteiger partial charge in [0, 0.05) is 4.47 Å². The topological polar surface area (TPSA) is 86.6 Å². The number of aliphatic hydroxyl groups is 2. The van der Waals surface area contributed by atoms with Gasteiger partial charge in [-0.25, -0.2) is 13.1 Å². The summed E-state index contributed by atoms with van der Waals surface area (Å²) in [6, 6.07) is 6.17. The molecule has 96 valence electrons. The maximum atomic E-state index is 12.0. The Morgan fingerprint density at radius 1 is 1.35 bits per heavy atom. The number of aliphatic hydroxyl groups excluding tert-OH is 2. The molecule has 0 spiro atoms. The van der Waals surface area contributed by atoms with Gasteiger partial charge in [0.2, 0.25) is 10.0 Å². The molecule has 0 fully saturated rings. The molecule has 0 unspecified atom stereocenters. The highest BCUT2D eigenvalue weighted by Crippen LogP contribution is 2.17. The largest absolute Gasteiger partial charge is 0.394 e. The zero-order valence-corrected chi connectivity index (χ0v) is 11.6. The molecule has 0 bridgehead atoms. The van der Waals surface area contributed by atoms with Gasteiger partial charge in [0.25, 0.3) is 0 Å². The summed E-state index contributed by atoms with van der Waals surface area (Å²) >= 11 is 3.18. The number of hydrogen-bond donors (Lipinski definition) is 3. The molecule has 0 aliphatic carbocycles. The van der Waals surface area contributed by atoms with Crippen LogP contribution in [0.1, 0.15) is 6.92 Å². The van der Waals surface area contributed by atoms with Crippen molar-refractivity contribution in [1.29, 1.82) is 0 Å². The maximum absolute atomic E-state index is 12.0. The van der Waals surface area contributed by atoms with E-state index in [9.17, 15) is 8.42 Å². The Balaban J connectivity index is 3.05. The van der Waals surface area contributed by atoms with E-state index in [-0.39, 0.29) is 4.90 Å². The number of rotatable bonds is 5. The van der Waals surface area contributed by atoms with Crippen molar-refractivity contribution in [2.45, 2.75) is 17.4 Å². The number of sulfonamides is 1. The van der Waals surface area contributed by atoms with E-state index in [2.05, 4.69) is 20.7 Å². The van der Waals surface area contributed by atoms with Crippen LogP contribution in [0.3, 0.4) is 0 Å². The van der Waals surface area contributed by atoms with Crippen molar-refractivity contribution in [2.75, 3.05) is 13.2 Å². The Morgan fingerprint density at radius 2 is 1.94 bits per heavy atom. The van der Waals surface area contributed by atoms with E-state index < -0.39 is 28.8 Å². The minimum Gasteiger partial charge on any atom is -0.394 e. The zero-order valence-electron chi connectivity index (χ0n) is 9.22. The van der Waals surface area contributed by atoms with Crippen molar-refractivity contribution in [3.8, 4) is 0 Å². The van der Waals surface area contributed by atoms with Crippen molar-refractivity contribution in [3.63, 3.8) is 0 Å². The molecule has 0 saturated carbocycles. The van der Waals surface area contributed by atoms with Crippen LogP contribution in [0.4, 0.5) is 0 Å². The predicted molar refractivity (Wildman–Crippen MR) is 67.0 cm³/mol. The Labute approximate surface area is 109 Å². The van der Waals surface area contributed by atoms with Crippen LogP contribution in [-0.4, -0.2) is 37.4 Å². The second-order valence-electron chi connectivity index (χ2n) is 3.94. The first kappa shape index (κ1) is 14.6. The lowest BCUT2D eigenvalue weighted by Gasteiger charge is -2.25. The first-order valence-corrected chi connectivity index (χ1v) is 7.12. The third kappa shape index (κ3) is 3.75. The van der Waals surface area contributed by atoms with Gasteiger partial charge in [0.05, 0.1) is 23.6 Å². The van der Waals surface area contributed by atoms with Gasteiger partial charge >= 0.3 is 0 Å². The van der Waals surface area contributed by atoms with Crippen LogP contribution in [0.2, 0.25) is 0 Å². The van der Waals surface area contributed by atoms with Gasteiger partial charge in [0.1, 0.15) is 0 Å². The van der Waals surface area contributed by atoms with Gasteiger partial charge in [-0.1, -0.05) is 22.0 Å². The third-order valence-electron chi connectivity index (χ3n) is 2.19. The molecule has 0 radical (unpaired) electrons. The summed E-state index contributed by atoms with van der Waals surface area (Å²) in [4.78, 5) is 0.0694. The van der Waals surface area contributed by atoms with Crippen LogP contribution in [0, 0.1) is 0 Å². The molecule has 7 heteroatoms. The van der Waals surface area contributed by atoms with E-state index in [1.165, 1.54) is 19.1 Å². The molecule has 1 aromatic carbocycles. The van der Waals surface area contributed by atoms with Gasteiger partial charge in [-0.2, -0.15) is 0 Å². The zero-order chi connectivity index (χ0) is 13.1. The number of benzene rings is 1. The maximum Gasteiger partial charge on any atom is 0.241 e. The summed E-state index contributed by atoms with van der Waals surface area (Å²) in [5, 5.41) is 18.1. The minimum absolute atomic E-state index is 0.0694. The molecule has 0 aromatic heterocycles. The van der Waals surface area contributed by atoms with Crippen LogP contribution in [-0.2, 0) is 10.0 Å². The van der Waals surface area contributed by atoms with Crippen molar-refractivity contribution in [1.82, 2.24) is 4.72 Å². The second kappa shape index (κ2) is 5.45. The molecule has 0 atom stereocenters. The van der Waals surface area contributed by atoms with E-state index in [0.29, 0.717) is 4.47 Å². The van der Waals surface area contributed by atoms with Crippen LogP contribution >= 0.6 is 15.9 Å². The minimum atomic E-state index is -3.76. The summed E-state index contributed by atoms with van der Waals surface area (Å²) in [6.45, 7) is 0.440. The molecule has 0 aliphatic rings. The molecule has 0 amide bonds. The van der Waals surface area contributed by atoms with Crippen LogP contribution < -0.4 is 4.72 Å². The highest BCUT2D eigenvalue weighted by molar-refractivity contribution is 9.10. The average Bonchev–Trinajstić information content (AvgIpc) is 2.28. The van der Waals surface area contributed by atoms with E-state index in [0.717, 1.165) is 0 Å². The first-order chi connectivity index (χ1) is 7.83. The normalized spacial score (nSPS) is 12.7. The fourth-order valence-corrected chi connectivity index (χ4v) is 3.12. The molecule has 3 N–H and O–H groups in total. The van der Waals surface area contributed by atoms with Gasteiger partial charge in [0.15, 0.2) is 0 Å². The molecule has 17 heavy (non-hydrogen) atoms. The summed E-state index contributed by atoms with van der Waals surface area (Å²) in [7, 11) is -3.76. The fourth-order valence-electron chi connectivity index (χ4n) is 1.13. The van der Waals surface area contributed by atoms with Gasteiger partial charge < -0.3 is 10.2 Å². The predicted octanol–water partition coefficient (Wildman–Crippen LogP) is 0.471. The monoisotopic (exact) mass is 323 g/mol. The van der Waals surface area contributed by atoms with Crippen molar-refractivity contribution < 1.29 is 18.6 Å². The number of nitrogens with one attached hydrogen (secondary N) is 1. The van der Waals surface area contributed by atoms with Crippen molar-refractivity contribution in [3.05, 3.63) is 28.7 Å². The molecular formula is C10H14BrNO4S. The summed E-state index contributed by atoms with van der Waals surface area (Å²) in [5.41, 5.74) is -1.28. The van der Waals surface area contributed by atoms with E-state index >= 15 is 0 Å². The smallest absolute Gasteiger partial charge is 0.241 e. The third-order valence-corrected chi connectivity index (χ3v) is 4.31. The Morgan fingerprint density at radius 3 is 2.41 bits per heavy atom. The van der Waals surface area contributed by atoms with E-state index in [1.54, 1.807) is 12.1 Å². The lowest BCUT2D eigenvalue weighted by Crippen LogP contribution is -2.51. The first-order valence-electron chi connectivity index (χ1n) is 4.84. The lowest BCUT2D eigenvalue weighted by atomic mass is 10.1. The van der Waals surface area contributed by atoms with E-state index in [4.69, 9.17) is 10.2 Å². The Kier molecular flexibility index (Phi) is 4.68. The van der Waals surface area contributed by atoms with Crippen LogP contribution in [0.5, 0.6) is 0 Å². The SMILES string of the molecule is CC(CO)(CO)NS(=O)(=O)c1cccc(Br)c1. The fraction of sp³-hybridized carbons (Fsp3) is 0.400. The average molecular weight is 324 g/mol. The van der Waals surface area contributed by atoms with Crippen LogP contribution in [0.25, 0.3) is 0 Å². The number of halogens is 1. The quantitative estimate of drug-likeness (QED) is 0.735. The standard InChI is InChI=1S/C10H14BrNO4S/c1-10(6-13,7-14)12-17(15,16)9-4-2-3-8(11)5-9/h2-5,12-14H,6-7H2,1H3. The second-order valence-corrected chi connectivity index (χ2v) is 6.54. The molecular weight excluding hydrogens is 310 g/mol. The van der Waals surface area contributed by atoms with Crippen molar-refractivity contribution in [2.24, 2.45) is 0 Å². The molecule has 1 aromatic rings. The summed E-state index contributed by atoms with van der Waals surface area (Å²) in [5.74, 6) is 0. The van der Waals surface area contributed by atoms with Gasteiger partial charge in [-0.3, -0.25) is 0 Å². The number of hydrogen-bond acceptors (Lipinski definition) is 4. The van der Waals surface area contributed by atoms with E-state index in [1.807, 2.05) is 0 Å². The summed E-state index contributed by atoms with van der Waals surface area (Å²) < 4.78 is 26.8. The van der Waals surface area contributed by atoms with Crippen LogP contribution in [0.15, 0.2) is 33.6 Å². The Hall–Kier alpha value is -0.470. The van der Waals surface area contributed by atoms with Crippen molar-refractivity contribution >= 4 is 26.0 Å². The highest BCUT2D eigenvalue weighted by Gasteiger charge is 2.29. The van der Waals surface area contributed by atoms with Gasteiger partial charge in [-0.15, -0.1) is 0 Å². The van der Waals surface area contributed by atoms with Gasteiger partial charge in [-0.05, 0) is 25.1 Å². The molecule has 0 heterocycles. The lowest BCUT2D eigenvalue weighted by molar-refractivity contribution is 0.122. The molecule has 0 saturated heterocycles.